The highest BCUT2D eigenvalue weighted by molar-refractivity contribution is 5.78. The lowest BCUT2D eigenvalue weighted by molar-refractivity contribution is 0.205. The maximum atomic E-state index is 11.7. The molecule has 4 heteroatoms. The monoisotopic (exact) mass is 229 g/mol. The van der Waals surface area contributed by atoms with Crippen LogP contribution in [-0.4, -0.2) is 29.4 Å². The normalized spacial score (nSPS) is 19.6. The summed E-state index contributed by atoms with van der Waals surface area (Å²) in [6.07, 6.45) is 1.92. The predicted octanol–water partition coefficient (Wildman–Crippen LogP) is 2.19. The van der Waals surface area contributed by atoms with E-state index in [1.165, 1.54) is 10.5 Å². The molecule has 1 aromatic rings. The molecular formula is C13H15N3O. The number of carbonyl (C=O) groups is 1. The van der Waals surface area contributed by atoms with Crippen molar-refractivity contribution >= 4 is 6.03 Å². The molecular weight excluding hydrogens is 214 g/mol. The van der Waals surface area contributed by atoms with Gasteiger partial charge in [0.05, 0.1) is 12.6 Å². The van der Waals surface area contributed by atoms with E-state index in [1.54, 1.807) is 11.9 Å². The molecule has 1 fully saturated rings. The van der Waals surface area contributed by atoms with E-state index in [0.29, 0.717) is 6.54 Å². The van der Waals surface area contributed by atoms with Crippen molar-refractivity contribution in [3.63, 3.8) is 0 Å². The molecule has 0 spiro atoms. The van der Waals surface area contributed by atoms with Crippen molar-refractivity contribution in [2.45, 2.75) is 19.9 Å². The topological polar surface area (TPSA) is 47.3 Å². The van der Waals surface area contributed by atoms with Crippen molar-refractivity contribution < 1.29 is 4.79 Å². The molecule has 88 valence electrons. The Hall–Kier alpha value is -2.02. The number of carbonyl (C=O) groups excluding carboxylic acids is 1. The summed E-state index contributed by atoms with van der Waals surface area (Å²) in [6.45, 7) is 4.50. The Kier molecular flexibility index (Phi) is 2.76. The fourth-order valence-electron chi connectivity index (χ4n) is 2.21. The van der Waals surface area contributed by atoms with Crippen molar-refractivity contribution in [2.24, 2.45) is 0 Å². The first-order valence-electron chi connectivity index (χ1n) is 5.56. The van der Waals surface area contributed by atoms with Crippen LogP contribution in [0.1, 0.15) is 22.7 Å². The van der Waals surface area contributed by atoms with Gasteiger partial charge < -0.3 is 4.90 Å². The highest BCUT2D eigenvalue weighted by atomic mass is 16.2. The predicted molar refractivity (Wildman–Crippen MR) is 64.1 cm³/mol. The number of hydrogen-bond acceptors (Lipinski definition) is 2. The van der Waals surface area contributed by atoms with Crippen molar-refractivity contribution in [3.05, 3.63) is 34.9 Å². The standard InChI is InChI=1S/C13H15N3O/c1-9-4-5-10(2)11(6-9)12-7-16(8-14)13(17)15(12)3/h4-6,12H,7H2,1-3H3. The van der Waals surface area contributed by atoms with E-state index in [9.17, 15) is 4.79 Å². The zero-order chi connectivity index (χ0) is 12.6. The minimum absolute atomic E-state index is 0.0259. The molecule has 17 heavy (non-hydrogen) atoms. The molecule has 1 heterocycles. The van der Waals surface area contributed by atoms with E-state index in [1.807, 2.05) is 20.0 Å². The number of aryl methyl sites for hydroxylation is 2. The van der Waals surface area contributed by atoms with Crippen LogP contribution in [0.25, 0.3) is 0 Å². The lowest BCUT2D eigenvalue weighted by atomic mass is 9.99. The summed E-state index contributed by atoms with van der Waals surface area (Å²) in [5, 5.41) is 8.87. The van der Waals surface area contributed by atoms with E-state index < -0.39 is 0 Å². The molecule has 0 saturated carbocycles. The summed E-state index contributed by atoms with van der Waals surface area (Å²) in [6, 6.07) is 5.95. The summed E-state index contributed by atoms with van der Waals surface area (Å²) in [5.74, 6) is 0. The third kappa shape index (κ3) is 1.84. The minimum Gasteiger partial charge on any atom is -0.318 e. The number of benzene rings is 1. The Morgan fingerprint density at radius 3 is 2.71 bits per heavy atom. The quantitative estimate of drug-likeness (QED) is 0.693. The number of hydrogen-bond donors (Lipinski definition) is 0. The molecule has 1 aromatic carbocycles. The number of urea groups is 1. The van der Waals surface area contributed by atoms with Crippen molar-refractivity contribution in [1.82, 2.24) is 9.80 Å². The molecule has 1 atom stereocenters. The van der Waals surface area contributed by atoms with Crippen LogP contribution in [0, 0.1) is 25.3 Å². The molecule has 4 nitrogen and oxygen atoms in total. The third-order valence-corrected chi connectivity index (χ3v) is 3.27. The molecule has 0 bridgehead atoms. The number of nitriles is 1. The van der Waals surface area contributed by atoms with Gasteiger partial charge in [0.2, 0.25) is 0 Å². The molecule has 0 aromatic heterocycles. The van der Waals surface area contributed by atoms with Gasteiger partial charge in [-0.2, -0.15) is 5.26 Å². The third-order valence-electron chi connectivity index (χ3n) is 3.27. The average molecular weight is 229 g/mol. The lowest BCUT2D eigenvalue weighted by Gasteiger charge is -2.20. The minimum atomic E-state index is -0.224. The van der Waals surface area contributed by atoms with E-state index in [4.69, 9.17) is 5.26 Å². The Morgan fingerprint density at radius 2 is 2.12 bits per heavy atom. The van der Waals surface area contributed by atoms with E-state index in [-0.39, 0.29) is 12.1 Å². The van der Waals surface area contributed by atoms with Crippen molar-refractivity contribution in [2.75, 3.05) is 13.6 Å². The molecule has 2 amide bonds. The van der Waals surface area contributed by atoms with Gasteiger partial charge >= 0.3 is 6.03 Å². The number of likely N-dealkylation sites (N-methyl/N-ethyl adjacent to an activating group) is 1. The lowest BCUT2D eigenvalue weighted by Crippen LogP contribution is -2.26. The van der Waals surface area contributed by atoms with Crippen LogP contribution in [-0.2, 0) is 0 Å². The second-order valence-corrected chi connectivity index (χ2v) is 4.48. The molecule has 2 rings (SSSR count). The summed E-state index contributed by atoms with van der Waals surface area (Å²) < 4.78 is 0. The number of nitrogens with zero attached hydrogens (tertiary/aromatic N) is 3. The van der Waals surface area contributed by atoms with Crippen LogP contribution in [0.3, 0.4) is 0 Å². The SMILES string of the molecule is Cc1ccc(C)c(C2CN(C#N)C(=O)N2C)c1. The zero-order valence-corrected chi connectivity index (χ0v) is 10.3. The highest BCUT2D eigenvalue weighted by Crippen LogP contribution is 2.30. The van der Waals surface area contributed by atoms with Crippen molar-refractivity contribution in [3.8, 4) is 6.19 Å². The van der Waals surface area contributed by atoms with Gasteiger partial charge in [0.15, 0.2) is 6.19 Å². The maximum absolute atomic E-state index is 11.7. The van der Waals surface area contributed by atoms with E-state index >= 15 is 0 Å². The second-order valence-electron chi connectivity index (χ2n) is 4.48. The molecule has 0 radical (unpaired) electrons. The van der Waals surface area contributed by atoms with Gasteiger partial charge in [-0.25, -0.2) is 9.69 Å². The van der Waals surface area contributed by atoms with Gasteiger partial charge in [0.1, 0.15) is 0 Å². The first kappa shape index (κ1) is 11.5. The smallest absolute Gasteiger partial charge is 0.318 e. The first-order valence-corrected chi connectivity index (χ1v) is 5.56. The van der Waals surface area contributed by atoms with Crippen LogP contribution in [0.5, 0.6) is 0 Å². The largest absolute Gasteiger partial charge is 0.333 e. The van der Waals surface area contributed by atoms with Gasteiger partial charge in [-0.1, -0.05) is 23.8 Å². The van der Waals surface area contributed by atoms with Gasteiger partial charge in [-0.3, -0.25) is 0 Å². The molecule has 1 unspecified atom stereocenters. The Morgan fingerprint density at radius 1 is 1.41 bits per heavy atom. The Bertz CT molecular complexity index is 504. The molecule has 1 aliphatic rings. The van der Waals surface area contributed by atoms with Crippen LogP contribution in [0.2, 0.25) is 0 Å². The molecule has 1 aliphatic heterocycles. The van der Waals surface area contributed by atoms with E-state index in [2.05, 4.69) is 18.2 Å². The maximum Gasteiger partial charge on any atom is 0.333 e. The van der Waals surface area contributed by atoms with Gasteiger partial charge in [-0.15, -0.1) is 0 Å². The molecule has 0 N–H and O–H groups in total. The average Bonchev–Trinajstić information content (AvgIpc) is 2.59. The summed E-state index contributed by atoms with van der Waals surface area (Å²) in [5.41, 5.74) is 3.44. The number of amides is 2. The molecule has 1 saturated heterocycles. The summed E-state index contributed by atoms with van der Waals surface area (Å²) >= 11 is 0. The van der Waals surface area contributed by atoms with Gasteiger partial charge in [-0.05, 0) is 25.0 Å². The van der Waals surface area contributed by atoms with Gasteiger partial charge in [0.25, 0.3) is 0 Å². The summed E-state index contributed by atoms with van der Waals surface area (Å²) in [7, 11) is 1.74. The Balaban J connectivity index is 2.39. The van der Waals surface area contributed by atoms with E-state index in [0.717, 1.165) is 11.1 Å². The first-order chi connectivity index (χ1) is 8.04. The fourth-order valence-corrected chi connectivity index (χ4v) is 2.21. The Labute approximate surface area is 101 Å². The zero-order valence-electron chi connectivity index (χ0n) is 10.3. The van der Waals surface area contributed by atoms with Crippen LogP contribution in [0.15, 0.2) is 18.2 Å². The second kappa shape index (κ2) is 4.10. The van der Waals surface area contributed by atoms with Gasteiger partial charge in [0, 0.05) is 7.05 Å². The molecule has 0 aliphatic carbocycles. The van der Waals surface area contributed by atoms with Crippen LogP contribution >= 0.6 is 0 Å². The van der Waals surface area contributed by atoms with Crippen LogP contribution in [0.4, 0.5) is 4.79 Å². The fraction of sp³-hybridized carbons (Fsp3) is 0.385. The number of rotatable bonds is 1. The van der Waals surface area contributed by atoms with Crippen molar-refractivity contribution in [1.29, 1.82) is 5.26 Å². The summed E-state index contributed by atoms with van der Waals surface area (Å²) in [4.78, 5) is 14.6. The highest BCUT2D eigenvalue weighted by Gasteiger charge is 2.36. The van der Waals surface area contributed by atoms with Crippen LogP contribution < -0.4 is 0 Å².